The van der Waals surface area contributed by atoms with Crippen LogP contribution in [0, 0.1) is 12.8 Å². The molecule has 0 aliphatic heterocycles. The molecule has 0 bridgehead atoms. The summed E-state index contributed by atoms with van der Waals surface area (Å²) >= 11 is 0. The molecule has 8 heteroatoms. The van der Waals surface area contributed by atoms with Crippen LogP contribution in [0.4, 0.5) is 0 Å². The maximum absolute atomic E-state index is 9.26. The highest BCUT2D eigenvalue weighted by molar-refractivity contribution is 5.88. The number of methoxy groups -OCH3 is 1. The van der Waals surface area contributed by atoms with Crippen LogP contribution in [0.3, 0.4) is 0 Å². The Morgan fingerprint density at radius 3 is 2.55 bits per heavy atom. The van der Waals surface area contributed by atoms with Gasteiger partial charge in [0.1, 0.15) is 11.5 Å². The van der Waals surface area contributed by atoms with E-state index in [2.05, 4.69) is 15.0 Å². The monoisotopic (exact) mass is 421 g/mol. The van der Waals surface area contributed by atoms with E-state index in [1.165, 1.54) is 0 Å². The minimum absolute atomic E-state index is 0.154. The first-order chi connectivity index (χ1) is 15.1. The average molecular weight is 421 g/mol. The van der Waals surface area contributed by atoms with E-state index in [4.69, 9.17) is 14.2 Å². The summed E-state index contributed by atoms with van der Waals surface area (Å²) in [6.45, 7) is 1.69. The van der Waals surface area contributed by atoms with Gasteiger partial charge in [0, 0.05) is 35.2 Å². The van der Waals surface area contributed by atoms with Gasteiger partial charge in [0.05, 0.1) is 38.1 Å². The summed E-state index contributed by atoms with van der Waals surface area (Å²) in [4.78, 5) is 13.2. The molecule has 3 aromatic heterocycles. The molecule has 0 radical (unpaired) electrons. The van der Waals surface area contributed by atoms with Gasteiger partial charge in [-0.15, -0.1) is 0 Å². The molecule has 0 aliphatic carbocycles. The normalized spacial score (nSPS) is 11.3. The molecule has 0 saturated heterocycles. The van der Waals surface area contributed by atoms with E-state index in [0.29, 0.717) is 34.2 Å². The summed E-state index contributed by atoms with van der Waals surface area (Å²) in [5.41, 5.74) is 2.05. The second-order valence-corrected chi connectivity index (χ2v) is 7.10. The number of hydrogen-bond acceptors (Lipinski definition) is 8. The number of aryl methyl sites for hydroxylation is 1. The number of nitrogens with zero attached hydrogens (tertiary/aromatic N) is 3. The topological polar surface area (TPSA) is 107 Å². The van der Waals surface area contributed by atoms with Crippen molar-refractivity contribution in [3.63, 3.8) is 0 Å². The van der Waals surface area contributed by atoms with Gasteiger partial charge in [0.15, 0.2) is 17.1 Å². The average Bonchev–Trinajstić information content (AvgIpc) is 2.80. The zero-order valence-corrected chi connectivity index (χ0v) is 17.3. The lowest BCUT2D eigenvalue weighted by Crippen LogP contribution is -2.19. The lowest BCUT2D eigenvalue weighted by atomic mass is 10.1. The van der Waals surface area contributed by atoms with Gasteiger partial charge in [-0.2, -0.15) is 0 Å². The van der Waals surface area contributed by atoms with Gasteiger partial charge in [-0.05, 0) is 37.3 Å². The number of fused-ring (bicyclic) bond motifs is 2. The number of aromatic nitrogens is 3. The molecule has 4 rings (SSSR count). The first-order valence-corrected chi connectivity index (χ1v) is 9.84. The molecule has 0 amide bonds. The van der Waals surface area contributed by atoms with E-state index in [-0.39, 0.29) is 25.7 Å². The Balaban J connectivity index is 1.70. The molecule has 4 aromatic rings. The number of aliphatic hydroxyl groups is 2. The van der Waals surface area contributed by atoms with Crippen molar-refractivity contribution in [3.8, 4) is 23.0 Å². The fourth-order valence-electron chi connectivity index (χ4n) is 3.16. The third kappa shape index (κ3) is 4.35. The molecule has 31 heavy (non-hydrogen) atoms. The van der Waals surface area contributed by atoms with Crippen molar-refractivity contribution in [2.45, 2.75) is 6.92 Å². The van der Waals surface area contributed by atoms with Crippen LogP contribution in [0.25, 0.3) is 21.9 Å². The van der Waals surface area contributed by atoms with E-state index in [0.717, 1.165) is 16.5 Å². The third-order valence-electron chi connectivity index (χ3n) is 4.93. The number of pyridine rings is 3. The number of aliphatic hydroxyl groups excluding tert-OH is 2. The minimum Gasteiger partial charge on any atom is -0.493 e. The molecule has 3 heterocycles. The lowest BCUT2D eigenvalue weighted by molar-refractivity contribution is 0.105. The minimum atomic E-state index is -0.374. The van der Waals surface area contributed by atoms with Crippen molar-refractivity contribution in [3.05, 3.63) is 54.5 Å². The number of rotatable bonds is 8. The fourth-order valence-corrected chi connectivity index (χ4v) is 3.16. The van der Waals surface area contributed by atoms with E-state index in [9.17, 15) is 10.2 Å². The van der Waals surface area contributed by atoms with Crippen LogP contribution in [0.5, 0.6) is 23.0 Å². The van der Waals surface area contributed by atoms with Crippen molar-refractivity contribution < 1.29 is 24.4 Å². The summed E-state index contributed by atoms with van der Waals surface area (Å²) in [5.74, 6) is 1.83. The maximum Gasteiger partial charge on any atom is 0.163 e. The molecule has 0 unspecified atom stereocenters. The van der Waals surface area contributed by atoms with Crippen molar-refractivity contribution in [1.29, 1.82) is 0 Å². The Morgan fingerprint density at radius 1 is 0.935 bits per heavy atom. The van der Waals surface area contributed by atoms with Gasteiger partial charge in [-0.25, -0.2) is 9.97 Å². The van der Waals surface area contributed by atoms with Gasteiger partial charge in [-0.1, -0.05) is 0 Å². The van der Waals surface area contributed by atoms with Gasteiger partial charge < -0.3 is 24.4 Å². The fraction of sp³-hybridized carbons (Fsp3) is 0.261. The van der Waals surface area contributed by atoms with Crippen LogP contribution in [0.15, 0.2) is 48.8 Å². The SMILES string of the molecule is COc1cc2c(Oc3cc4cccnc4nc3C)ccnc2cc1OCC(CO)CO. The molecular weight excluding hydrogens is 398 g/mol. The van der Waals surface area contributed by atoms with E-state index in [1.54, 1.807) is 37.7 Å². The van der Waals surface area contributed by atoms with E-state index >= 15 is 0 Å². The predicted molar refractivity (Wildman–Crippen MR) is 116 cm³/mol. The van der Waals surface area contributed by atoms with Gasteiger partial charge in [0.2, 0.25) is 0 Å². The molecule has 0 atom stereocenters. The Bertz CT molecular complexity index is 1210. The predicted octanol–water partition coefficient (Wildman–Crippen LogP) is 3.27. The number of hydrogen-bond donors (Lipinski definition) is 2. The van der Waals surface area contributed by atoms with Crippen LogP contribution in [0.2, 0.25) is 0 Å². The van der Waals surface area contributed by atoms with E-state index in [1.807, 2.05) is 25.1 Å². The van der Waals surface area contributed by atoms with Gasteiger partial charge in [0.25, 0.3) is 0 Å². The van der Waals surface area contributed by atoms with Crippen LogP contribution < -0.4 is 14.2 Å². The molecule has 2 N–H and O–H groups in total. The standard InChI is InChI=1S/C23H23N3O5/c1-14-20(8-16-4-3-6-25-23(16)26-14)31-19-5-7-24-18-10-22(21(29-2)9-17(18)19)30-13-15(11-27)12-28/h3-10,15,27-28H,11-13H2,1-2H3. The molecule has 0 saturated carbocycles. The molecule has 0 fully saturated rings. The first-order valence-electron chi connectivity index (χ1n) is 9.84. The zero-order valence-electron chi connectivity index (χ0n) is 17.3. The highest BCUT2D eigenvalue weighted by Gasteiger charge is 2.15. The van der Waals surface area contributed by atoms with Crippen LogP contribution in [-0.4, -0.2) is 52.1 Å². The van der Waals surface area contributed by atoms with Crippen molar-refractivity contribution in [1.82, 2.24) is 15.0 Å². The molecule has 0 aliphatic rings. The Labute approximate surface area is 179 Å². The Morgan fingerprint density at radius 2 is 1.77 bits per heavy atom. The van der Waals surface area contributed by atoms with Crippen molar-refractivity contribution in [2.24, 2.45) is 5.92 Å². The van der Waals surface area contributed by atoms with Gasteiger partial charge >= 0.3 is 0 Å². The smallest absolute Gasteiger partial charge is 0.163 e. The second kappa shape index (κ2) is 9.11. The molecular formula is C23H23N3O5. The zero-order chi connectivity index (χ0) is 21.8. The van der Waals surface area contributed by atoms with Crippen LogP contribution in [0.1, 0.15) is 5.69 Å². The maximum atomic E-state index is 9.26. The first kappa shape index (κ1) is 20.8. The molecule has 160 valence electrons. The summed E-state index contributed by atoms with van der Waals surface area (Å²) in [5, 5.41) is 20.2. The Hall–Kier alpha value is -3.49. The molecule has 0 spiro atoms. The summed E-state index contributed by atoms with van der Waals surface area (Å²) < 4.78 is 17.5. The number of ether oxygens (including phenoxy) is 3. The number of benzene rings is 1. The summed E-state index contributed by atoms with van der Waals surface area (Å²) in [7, 11) is 1.55. The van der Waals surface area contributed by atoms with Crippen LogP contribution in [-0.2, 0) is 0 Å². The third-order valence-corrected chi connectivity index (χ3v) is 4.93. The van der Waals surface area contributed by atoms with Gasteiger partial charge in [-0.3, -0.25) is 4.98 Å². The summed E-state index contributed by atoms with van der Waals surface area (Å²) in [6, 6.07) is 11.0. The highest BCUT2D eigenvalue weighted by atomic mass is 16.5. The van der Waals surface area contributed by atoms with E-state index < -0.39 is 0 Å². The molecule has 1 aromatic carbocycles. The molecule has 8 nitrogen and oxygen atoms in total. The van der Waals surface area contributed by atoms with Crippen LogP contribution >= 0.6 is 0 Å². The van der Waals surface area contributed by atoms with Crippen molar-refractivity contribution >= 4 is 21.9 Å². The van der Waals surface area contributed by atoms with Crippen molar-refractivity contribution in [2.75, 3.05) is 26.9 Å². The largest absolute Gasteiger partial charge is 0.493 e. The highest BCUT2D eigenvalue weighted by Crippen LogP contribution is 2.38. The second-order valence-electron chi connectivity index (χ2n) is 7.10. The summed E-state index contributed by atoms with van der Waals surface area (Å²) in [6.07, 6.45) is 3.37. The quantitative estimate of drug-likeness (QED) is 0.446. The lowest BCUT2D eigenvalue weighted by Gasteiger charge is -2.16. The Kier molecular flexibility index (Phi) is 6.11.